The minimum absolute atomic E-state index is 0.752. The zero-order valence-corrected chi connectivity index (χ0v) is 12.2. The maximum absolute atomic E-state index is 5.72. The number of halogens is 1. The maximum Gasteiger partial charge on any atom is 0.217 e. The van der Waals surface area contributed by atoms with Crippen molar-refractivity contribution < 1.29 is 4.74 Å². The summed E-state index contributed by atoms with van der Waals surface area (Å²) in [6.45, 7) is 6.77. The summed E-state index contributed by atoms with van der Waals surface area (Å²) in [4.78, 5) is 4.32. The van der Waals surface area contributed by atoms with Crippen molar-refractivity contribution in [2.24, 2.45) is 0 Å². The van der Waals surface area contributed by atoms with Crippen LogP contribution in [-0.2, 0) is 6.54 Å². The largest absolute Gasteiger partial charge is 0.477 e. The normalized spacial score (nSPS) is 10.5. The molecule has 1 rings (SSSR count). The van der Waals surface area contributed by atoms with E-state index in [2.05, 4.69) is 46.1 Å². The lowest BCUT2D eigenvalue weighted by Gasteiger charge is -2.10. The summed E-state index contributed by atoms with van der Waals surface area (Å²) in [7, 11) is 0. The standard InChI is InChI=1S/C13H21BrN2O/c1-3-5-6-7-17-13-11(9-15-4-2)8-12(14)10-16-13/h8,10,15H,3-7,9H2,1-2H3. The highest BCUT2D eigenvalue weighted by Gasteiger charge is 2.05. The molecule has 4 heteroatoms. The average molecular weight is 301 g/mol. The highest BCUT2D eigenvalue weighted by atomic mass is 79.9. The van der Waals surface area contributed by atoms with Crippen molar-refractivity contribution >= 4 is 15.9 Å². The van der Waals surface area contributed by atoms with Crippen molar-refractivity contribution in [3.05, 3.63) is 22.3 Å². The van der Waals surface area contributed by atoms with E-state index in [9.17, 15) is 0 Å². The van der Waals surface area contributed by atoms with Crippen molar-refractivity contribution in [2.75, 3.05) is 13.2 Å². The van der Waals surface area contributed by atoms with E-state index < -0.39 is 0 Å². The van der Waals surface area contributed by atoms with Gasteiger partial charge in [0.25, 0.3) is 0 Å². The zero-order chi connectivity index (χ0) is 12.5. The molecule has 0 spiro atoms. The Hall–Kier alpha value is -0.610. The first kappa shape index (κ1) is 14.5. The Morgan fingerprint density at radius 3 is 2.88 bits per heavy atom. The fraction of sp³-hybridized carbons (Fsp3) is 0.615. The summed E-state index contributed by atoms with van der Waals surface area (Å²) in [5.41, 5.74) is 1.11. The molecule has 0 saturated heterocycles. The Balaban J connectivity index is 2.55. The van der Waals surface area contributed by atoms with E-state index in [4.69, 9.17) is 4.74 Å². The highest BCUT2D eigenvalue weighted by molar-refractivity contribution is 9.10. The lowest BCUT2D eigenvalue weighted by molar-refractivity contribution is 0.291. The van der Waals surface area contributed by atoms with Gasteiger partial charge in [-0.05, 0) is 35.0 Å². The number of ether oxygens (including phenoxy) is 1. The first-order valence-corrected chi connectivity index (χ1v) is 7.05. The predicted octanol–water partition coefficient (Wildman–Crippen LogP) is 3.52. The number of aromatic nitrogens is 1. The summed E-state index contributed by atoms with van der Waals surface area (Å²) in [5, 5.41) is 3.29. The predicted molar refractivity (Wildman–Crippen MR) is 74.3 cm³/mol. The lowest BCUT2D eigenvalue weighted by atomic mass is 10.2. The van der Waals surface area contributed by atoms with Gasteiger partial charge in [-0.1, -0.05) is 26.7 Å². The van der Waals surface area contributed by atoms with Gasteiger partial charge in [-0.25, -0.2) is 4.98 Å². The lowest BCUT2D eigenvalue weighted by Crippen LogP contribution is -2.13. The zero-order valence-electron chi connectivity index (χ0n) is 10.6. The minimum Gasteiger partial charge on any atom is -0.477 e. The van der Waals surface area contributed by atoms with Crippen LogP contribution < -0.4 is 10.1 Å². The van der Waals surface area contributed by atoms with Crippen molar-refractivity contribution in [1.82, 2.24) is 10.3 Å². The summed E-state index contributed by atoms with van der Waals surface area (Å²) < 4.78 is 6.71. The first-order valence-electron chi connectivity index (χ1n) is 6.25. The molecule has 0 aliphatic heterocycles. The van der Waals surface area contributed by atoms with Crippen LogP contribution in [0.15, 0.2) is 16.7 Å². The summed E-state index contributed by atoms with van der Waals surface area (Å²) in [5.74, 6) is 0.755. The molecule has 0 saturated carbocycles. The molecule has 0 unspecified atom stereocenters. The van der Waals surface area contributed by atoms with Crippen LogP contribution in [0.25, 0.3) is 0 Å². The van der Waals surface area contributed by atoms with Crippen LogP contribution in [0.5, 0.6) is 5.88 Å². The van der Waals surface area contributed by atoms with Gasteiger partial charge in [0, 0.05) is 22.8 Å². The Bertz CT molecular complexity index is 331. The summed E-state index contributed by atoms with van der Waals surface area (Å²) >= 11 is 3.44. The molecule has 0 aliphatic rings. The third-order valence-corrected chi connectivity index (χ3v) is 2.88. The Labute approximate surface area is 112 Å². The van der Waals surface area contributed by atoms with Crippen LogP contribution >= 0.6 is 15.9 Å². The van der Waals surface area contributed by atoms with E-state index in [0.717, 1.165) is 42.0 Å². The molecule has 0 fully saturated rings. The molecular weight excluding hydrogens is 280 g/mol. The third kappa shape index (κ3) is 5.50. The van der Waals surface area contributed by atoms with E-state index in [-0.39, 0.29) is 0 Å². The van der Waals surface area contributed by atoms with Gasteiger partial charge in [0.2, 0.25) is 5.88 Å². The van der Waals surface area contributed by atoms with Gasteiger partial charge in [0.05, 0.1) is 6.61 Å². The average Bonchev–Trinajstić information content (AvgIpc) is 2.34. The SMILES string of the molecule is CCCCCOc1ncc(Br)cc1CNCC. The van der Waals surface area contributed by atoms with Crippen LogP contribution in [0.3, 0.4) is 0 Å². The van der Waals surface area contributed by atoms with Gasteiger partial charge in [-0.2, -0.15) is 0 Å². The summed E-state index contributed by atoms with van der Waals surface area (Å²) in [6, 6.07) is 2.06. The molecule has 1 aromatic heterocycles. The van der Waals surface area contributed by atoms with Crippen molar-refractivity contribution in [2.45, 2.75) is 39.7 Å². The molecule has 1 heterocycles. The third-order valence-electron chi connectivity index (χ3n) is 2.44. The number of nitrogens with zero attached hydrogens (tertiary/aromatic N) is 1. The van der Waals surface area contributed by atoms with Crippen molar-refractivity contribution in [3.8, 4) is 5.88 Å². The van der Waals surface area contributed by atoms with Gasteiger partial charge in [0.15, 0.2) is 0 Å². The molecule has 0 bridgehead atoms. The van der Waals surface area contributed by atoms with E-state index in [1.54, 1.807) is 6.20 Å². The second kappa shape index (κ2) is 8.48. The fourth-order valence-electron chi connectivity index (χ4n) is 1.51. The second-order valence-electron chi connectivity index (χ2n) is 3.95. The quantitative estimate of drug-likeness (QED) is 0.746. The number of nitrogens with one attached hydrogen (secondary N) is 1. The number of rotatable bonds is 8. The van der Waals surface area contributed by atoms with Crippen LogP contribution in [0.4, 0.5) is 0 Å². The molecular formula is C13H21BrN2O. The van der Waals surface area contributed by atoms with E-state index in [0.29, 0.717) is 0 Å². The van der Waals surface area contributed by atoms with Crippen LogP contribution in [-0.4, -0.2) is 18.1 Å². The van der Waals surface area contributed by atoms with Gasteiger partial charge in [-0.3, -0.25) is 0 Å². The molecule has 1 aromatic rings. The van der Waals surface area contributed by atoms with Gasteiger partial charge in [0.1, 0.15) is 0 Å². The topological polar surface area (TPSA) is 34.1 Å². The van der Waals surface area contributed by atoms with E-state index in [1.165, 1.54) is 12.8 Å². The highest BCUT2D eigenvalue weighted by Crippen LogP contribution is 2.20. The van der Waals surface area contributed by atoms with Crippen LogP contribution in [0.2, 0.25) is 0 Å². The fourth-order valence-corrected chi connectivity index (χ4v) is 1.88. The minimum atomic E-state index is 0.752. The maximum atomic E-state index is 5.72. The van der Waals surface area contributed by atoms with Crippen LogP contribution in [0, 0.1) is 0 Å². The molecule has 0 atom stereocenters. The number of hydrogen-bond acceptors (Lipinski definition) is 3. The molecule has 0 aliphatic carbocycles. The summed E-state index contributed by atoms with van der Waals surface area (Å²) in [6.07, 6.45) is 5.29. The molecule has 0 radical (unpaired) electrons. The Morgan fingerprint density at radius 2 is 2.18 bits per heavy atom. The number of unbranched alkanes of at least 4 members (excludes halogenated alkanes) is 2. The Morgan fingerprint density at radius 1 is 1.35 bits per heavy atom. The van der Waals surface area contributed by atoms with Crippen molar-refractivity contribution in [1.29, 1.82) is 0 Å². The van der Waals surface area contributed by atoms with E-state index in [1.807, 2.05) is 0 Å². The first-order chi connectivity index (χ1) is 8.27. The number of pyridine rings is 1. The van der Waals surface area contributed by atoms with E-state index >= 15 is 0 Å². The molecule has 3 nitrogen and oxygen atoms in total. The van der Waals surface area contributed by atoms with Gasteiger partial charge in [-0.15, -0.1) is 0 Å². The molecule has 0 amide bonds. The molecule has 17 heavy (non-hydrogen) atoms. The van der Waals surface area contributed by atoms with Gasteiger partial charge >= 0.3 is 0 Å². The van der Waals surface area contributed by atoms with Crippen LogP contribution in [0.1, 0.15) is 38.7 Å². The number of hydrogen-bond donors (Lipinski definition) is 1. The van der Waals surface area contributed by atoms with Crippen molar-refractivity contribution in [3.63, 3.8) is 0 Å². The van der Waals surface area contributed by atoms with Gasteiger partial charge < -0.3 is 10.1 Å². The smallest absolute Gasteiger partial charge is 0.217 e. The Kier molecular flexibility index (Phi) is 7.21. The molecule has 96 valence electrons. The second-order valence-corrected chi connectivity index (χ2v) is 4.87. The monoisotopic (exact) mass is 300 g/mol. The molecule has 1 N–H and O–H groups in total. The molecule has 0 aromatic carbocycles.